The Labute approximate surface area is 172 Å². The number of fused-ring (bicyclic) bond motifs is 1. The lowest BCUT2D eigenvalue weighted by molar-refractivity contribution is 0.273. The average molecular weight is 409 g/mol. The minimum atomic E-state index is -0.501. The number of benzene rings is 2. The highest BCUT2D eigenvalue weighted by atomic mass is 19.1. The number of ether oxygens (including phenoxy) is 2. The molecule has 2 aromatic heterocycles. The molecule has 0 unspecified atom stereocenters. The number of anilines is 2. The van der Waals surface area contributed by atoms with E-state index in [0.717, 1.165) is 5.82 Å². The molecule has 0 spiro atoms. The van der Waals surface area contributed by atoms with Crippen LogP contribution in [0.3, 0.4) is 0 Å². The summed E-state index contributed by atoms with van der Waals surface area (Å²) in [7, 11) is 3.42. The number of hydrogen-bond acceptors (Lipinski definition) is 7. The van der Waals surface area contributed by atoms with Crippen LogP contribution in [0.1, 0.15) is 11.4 Å². The molecule has 2 heterocycles. The van der Waals surface area contributed by atoms with Gasteiger partial charge in [0.1, 0.15) is 36.1 Å². The van der Waals surface area contributed by atoms with Crippen molar-refractivity contribution in [3.63, 3.8) is 0 Å². The maximum Gasteiger partial charge on any atom is 0.164 e. The van der Waals surface area contributed by atoms with Crippen LogP contribution in [0.4, 0.5) is 15.9 Å². The predicted molar refractivity (Wildman–Crippen MR) is 110 cm³/mol. The minimum Gasteiger partial charge on any atom is -0.508 e. The summed E-state index contributed by atoms with van der Waals surface area (Å²) in [4.78, 5) is 12.8. The molecule has 154 valence electrons. The Morgan fingerprint density at radius 3 is 2.73 bits per heavy atom. The van der Waals surface area contributed by atoms with Crippen molar-refractivity contribution in [3.8, 4) is 17.2 Å². The van der Waals surface area contributed by atoms with Gasteiger partial charge in [0.15, 0.2) is 11.5 Å². The fourth-order valence-corrected chi connectivity index (χ4v) is 3.05. The number of methoxy groups -OCH3 is 1. The van der Waals surface area contributed by atoms with Gasteiger partial charge in [-0.05, 0) is 25.1 Å². The fraction of sp³-hybridized carbons (Fsp3) is 0.190. The summed E-state index contributed by atoms with van der Waals surface area (Å²) in [5, 5.41) is 13.5. The zero-order valence-corrected chi connectivity index (χ0v) is 16.7. The highest BCUT2D eigenvalue weighted by molar-refractivity contribution is 5.93. The van der Waals surface area contributed by atoms with Crippen LogP contribution >= 0.6 is 0 Å². The number of phenols is 1. The smallest absolute Gasteiger partial charge is 0.164 e. The van der Waals surface area contributed by atoms with Crippen molar-refractivity contribution in [1.82, 2.24) is 19.5 Å². The highest BCUT2D eigenvalue weighted by Crippen LogP contribution is 2.36. The Balaban J connectivity index is 1.71. The number of imidazole rings is 1. The first-order chi connectivity index (χ1) is 14.5. The van der Waals surface area contributed by atoms with Gasteiger partial charge in [-0.25, -0.2) is 19.3 Å². The Morgan fingerprint density at radius 2 is 2.00 bits per heavy atom. The number of hydrogen-bond donors (Lipinski definition) is 2. The molecular formula is C21H20FN5O3. The lowest BCUT2D eigenvalue weighted by atomic mass is 10.1. The summed E-state index contributed by atoms with van der Waals surface area (Å²) in [6, 6.07) is 5.96. The summed E-state index contributed by atoms with van der Waals surface area (Å²) in [6.45, 7) is 1.88. The third kappa shape index (κ3) is 3.57. The molecule has 2 aromatic carbocycles. The second-order valence-electron chi connectivity index (χ2n) is 6.68. The van der Waals surface area contributed by atoms with Crippen molar-refractivity contribution in [2.45, 2.75) is 13.5 Å². The van der Waals surface area contributed by atoms with E-state index in [-0.39, 0.29) is 18.0 Å². The molecule has 0 atom stereocenters. The Kier molecular flexibility index (Phi) is 5.09. The van der Waals surface area contributed by atoms with E-state index in [9.17, 15) is 9.50 Å². The van der Waals surface area contributed by atoms with Gasteiger partial charge in [-0.1, -0.05) is 0 Å². The maximum atomic E-state index is 14.3. The van der Waals surface area contributed by atoms with Crippen LogP contribution in [0, 0.1) is 12.7 Å². The van der Waals surface area contributed by atoms with Gasteiger partial charge in [-0.3, -0.25) is 0 Å². The molecule has 30 heavy (non-hydrogen) atoms. The van der Waals surface area contributed by atoms with Crippen molar-refractivity contribution in [1.29, 1.82) is 0 Å². The minimum absolute atomic E-state index is 0.0141. The van der Waals surface area contributed by atoms with Gasteiger partial charge in [0.2, 0.25) is 0 Å². The molecule has 8 nitrogen and oxygen atoms in total. The zero-order valence-electron chi connectivity index (χ0n) is 16.7. The van der Waals surface area contributed by atoms with Crippen LogP contribution in [0.25, 0.3) is 10.9 Å². The highest BCUT2D eigenvalue weighted by Gasteiger charge is 2.15. The molecule has 0 saturated carbocycles. The molecule has 0 amide bonds. The quantitative estimate of drug-likeness (QED) is 0.500. The first-order valence-corrected chi connectivity index (χ1v) is 9.14. The molecular weight excluding hydrogens is 389 g/mol. The fourth-order valence-electron chi connectivity index (χ4n) is 3.05. The predicted octanol–water partition coefficient (Wildman–Crippen LogP) is 3.85. The molecule has 0 aliphatic carbocycles. The summed E-state index contributed by atoms with van der Waals surface area (Å²) in [6.07, 6.45) is 4.91. The molecule has 4 rings (SSSR count). The van der Waals surface area contributed by atoms with Crippen LogP contribution in [0.5, 0.6) is 17.2 Å². The van der Waals surface area contributed by atoms with Crippen LogP contribution in [0.2, 0.25) is 0 Å². The van der Waals surface area contributed by atoms with Gasteiger partial charge in [0.05, 0.1) is 18.3 Å². The van der Waals surface area contributed by atoms with E-state index in [1.807, 2.05) is 17.8 Å². The lowest BCUT2D eigenvalue weighted by Gasteiger charge is -2.15. The summed E-state index contributed by atoms with van der Waals surface area (Å²) in [5.41, 5.74) is 1.11. The molecule has 0 saturated heterocycles. The summed E-state index contributed by atoms with van der Waals surface area (Å²) in [5.74, 6) is 1.59. The van der Waals surface area contributed by atoms with Crippen LogP contribution in [0.15, 0.2) is 43.0 Å². The SMILES string of the molecule is COc1cc2c(Nc3c(F)ccc(O)c3C)ncnc2cc1OCc1nccn1C. The molecule has 0 bridgehead atoms. The summed E-state index contributed by atoms with van der Waals surface area (Å²) < 4.78 is 27.6. The van der Waals surface area contributed by atoms with E-state index in [1.54, 1.807) is 25.3 Å². The van der Waals surface area contributed by atoms with Gasteiger partial charge < -0.3 is 24.5 Å². The molecule has 0 aliphatic heterocycles. The molecule has 4 aromatic rings. The first-order valence-electron chi connectivity index (χ1n) is 9.14. The summed E-state index contributed by atoms with van der Waals surface area (Å²) >= 11 is 0. The number of aromatic nitrogens is 4. The van der Waals surface area contributed by atoms with E-state index in [4.69, 9.17) is 9.47 Å². The number of nitrogens with one attached hydrogen (secondary N) is 1. The van der Waals surface area contributed by atoms with Crippen LogP contribution in [-0.4, -0.2) is 31.7 Å². The molecule has 0 aliphatic rings. The zero-order chi connectivity index (χ0) is 21.3. The largest absolute Gasteiger partial charge is 0.508 e. The van der Waals surface area contributed by atoms with E-state index in [2.05, 4.69) is 20.3 Å². The van der Waals surface area contributed by atoms with Crippen LogP contribution in [-0.2, 0) is 13.7 Å². The average Bonchev–Trinajstić information content (AvgIpc) is 3.16. The number of phenolic OH excluding ortho intramolecular Hbond substituents is 1. The van der Waals surface area contributed by atoms with E-state index < -0.39 is 5.82 Å². The van der Waals surface area contributed by atoms with Crippen molar-refractivity contribution < 1.29 is 19.0 Å². The lowest BCUT2D eigenvalue weighted by Crippen LogP contribution is -2.04. The molecule has 0 radical (unpaired) electrons. The number of aromatic hydroxyl groups is 1. The van der Waals surface area contributed by atoms with Crippen molar-refractivity contribution in [3.05, 3.63) is 60.2 Å². The maximum absolute atomic E-state index is 14.3. The number of rotatable bonds is 6. The third-order valence-electron chi connectivity index (χ3n) is 4.83. The Morgan fingerprint density at radius 1 is 1.17 bits per heavy atom. The van der Waals surface area contributed by atoms with Gasteiger partial charge in [-0.15, -0.1) is 0 Å². The third-order valence-corrected chi connectivity index (χ3v) is 4.83. The second-order valence-corrected chi connectivity index (χ2v) is 6.68. The van der Waals surface area contributed by atoms with E-state index in [1.165, 1.54) is 25.6 Å². The van der Waals surface area contributed by atoms with Gasteiger partial charge in [0, 0.05) is 36.5 Å². The van der Waals surface area contributed by atoms with Crippen LogP contribution < -0.4 is 14.8 Å². The standard InChI is InChI=1S/C21H20FN5O3/c1-12-16(28)5-4-14(22)20(12)26-21-13-8-17(29-3)18(9-15(13)24-11-25-21)30-10-19-23-6-7-27(19)2/h4-9,11,28H,10H2,1-3H3,(H,24,25,26). The Bertz CT molecular complexity index is 1220. The van der Waals surface area contributed by atoms with Gasteiger partial charge in [-0.2, -0.15) is 0 Å². The first kappa shape index (κ1) is 19.4. The van der Waals surface area contributed by atoms with E-state index >= 15 is 0 Å². The normalized spacial score (nSPS) is 10.9. The van der Waals surface area contributed by atoms with Gasteiger partial charge in [0.25, 0.3) is 0 Å². The van der Waals surface area contributed by atoms with Crippen molar-refractivity contribution in [2.24, 2.45) is 7.05 Å². The molecule has 9 heteroatoms. The number of aryl methyl sites for hydroxylation is 1. The van der Waals surface area contributed by atoms with Crippen molar-refractivity contribution in [2.75, 3.05) is 12.4 Å². The molecule has 0 fully saturated rings. The number of nitrogens with zero attached hydrogens (tertiary/aromatic N) is 4. The van der Waals surface area contributed by atoms with Gasteiger partial charge >= 0.3 is 0 Å². The topological polar surface area (TPSA) is 94.3 Å². The van der Waals surface area contributed by atoms with E-state index in [0.29, 0.717) is 33.8 Å². The van der Waals surface area contributed by atoms with Crippen molar-refractivity contribution >= 4 is 22.4 Å². The monoisotopic (exact) mass is 409 g/mol. The second kappa shape index (κ2) is 7.86. The molecule has 2 N–H and O–H groups in total. The number of halogens is 1. The Hall–Kier alpha value is -3.88.